The van der Waals surface area contributed by atoms with E-state index in [-0.39, 0.29) is 0 Å². The standard InChI is InChI=1S/C20H35O/c1-7-15(2)9-10-17-19(5)13-8-12-18(3,4)16(19)11-14-20(17,6)21/h7,16-17,21H,1,8-14H2,2-6H3/t16-,17+,19-,20+/m0/s1. The molecule has 0 spiro atoms. The molecule has 121 valence electrons. The predicted molar refractivity (Wildman–Crippen MR) is 90.9 cm³/mol. The molecule has 1 nitrogen and oxygen atoms in total. The van der Waals surface area contributed by atoms with Gasteiger partial charge in [0.25, 0.3) is 0 Å². The molecule has 2 aliphatic rings. The normalized spacial score (nSPS) is 43.5. The molecule has 21 heavy (non-hydrogen) atoms. The van der Waals surface area contributed by atoms with Crippen molar-refractivity contribution < 1.29 is 5.11 Å². The molecule has 2 saturated carbocycles. The highest BCUT2D eigenvalue weighted by atomic mass is 16.3. The Labute approximate surface area is 132 Å². The quantitative estimate of drug-likeness (QED) is 0.723. The summed E-state index contributed by atoms with van der Waals surface area (Å²) < 4.78 is 0. The third-order valence-electron chi connectivity index (χ3n) is 6.94. The highest BCUT2D eigenvalue weighted by molar-refractivity contribution is 5.09. The lowest BCUT2D eigenvalue weighted by molar-refractivity contribution is -0.168. The molecule has 4 atom stereocenters. The van der Waals surface area contributed by atoms with Crippen molar-refractivity contribution in [2.24, 2.45) is 22.7 Å². The molecular weight excluding hydrogens is 256 g/mol. The fourth-order valence-corrected chi connectivity index (χ4v) is 5.74. The van der Waals surface area contributed by atoms with Crippen LogP contribution in [-0.4, -0.2) is 10.7 Å². The van der Waals surface area contributed by atoms with Crippen LogP contribution in [0.25, 0.3) is 0 Å². The summed E-state index contributed by atoms with van der Waals surface area (Å²) in [6.45, 7) is 15.5. The van der Waals surface area contributed by atoms with Crippen molar-refractivity contribution in [3.63, 3.8) is 0 Å². The number of fused-ring (bicyclic) bond motifs is 1. The molecule has 1 N–H and O–H groups in total. The zero-order valence-electron chi connectivity index (χ0n) is 14.8. The first-order valence-electron chi connectivity index (χ1n) is 8.81. The van der Waals surface area contributed by atoms with Crippen molar-refractivity contribution >= 4 is 0 Å². The number of hydrogen-bond acceptors (Lipinski definition) is 1. The Bertz CT molecular complexity index is 404. The average molecular weight is 291 g/mol. The van der Waals surface area contributed by atoms with Gasteiger partial charge in [-0.2, -0.15) is 0 Å². The highest BCUT2D eigenvalue weighted by Gasteiger charge is 2.57. The van der Waals surface area contributed by atoms with Gasteiger partial charge in [-0.15, -0.1) is 0 Å². The van der Waals surface area contributed by atoms with Crippen molar-refractivity contribution in [3.05, 3.63) is 18.6 Å². The summed E-state index contributed by atoms with van der Waals surface area (Å²) in [5.74, 6) is 1.17. The van der Waals surface area contributed by atoms with Crippen molar-refractivity contribution in [2.45, 2.75) is 85.2 Å². The molecule has 0 amide bonds. The molecule has 2 aliphatic carbocycles. The minimum atomic E-state index is -0.500. The fraction of sp³-hybridized carbons (Fsp3) is 0.850. The Morgan fingerprint density at radius 1 is 1.19 bits per heavy atom. The number of aliphatic hydroxyl groups is 1. The van der Waals surface area contributed by atoms with E-state index in [1.54, 1.807) is 0 Å². The Morgan fingerprint density at radius 2 is 1.86 bits per heavy atom. The fourth-order valence-electron chi connectivity index (χ4n) is 5.74. The van der Waals surface area contributed by atoms with Gasteiger partial charge in [0.2, 0.25) is 0 Å². The molecule has 1 heteroatoms. The first kappa shape index (κ1) is 17.1. The molecule has 2 rings (SSSR count). The van der Waals surface area contributed by atoms with E-state index in [1.165, 1.54) is 31.3 Å². The smallest absolute Gasteiger partial charge is 0.0653 e. The van der Waals surface area contributed by atoms with Gasteiger partial charge in [0, 0.05) is 0 Å². The van der Waals surface area contributed by atoms with Gasteiger partial charge < -0.3 is 5.11 Å². The topological polar surface area (TPSA) is 20.2 Å². The highest BCUT2D eigenvalue weighted by Crippen LogP contribution is 2.62. The zero-order chi connectivity index (χ0) is 15.9. The third kappa shape index (κ3) is 3.09. The van der Waals surface area contributed by atoms with Gasteiger partial charge >= 0.3 is 0 Å². The molecule has 0 unspecified atom stereocenters. The van der Waals surface area contributed by atoms with Crippen LogP contribution < -0.4 is 0 Å². The van der Waals surface area contributed by atoms with Gasteiger partial charge in [0.1, 0.15) is 0 Å². The van der Waals surface area contributed by atoms with Crippen LogP contribution in [-0.2, 0) is 0 Å². The van der Waals surface area contributed by atoms with Crippen molar-refractivity contribution in [1.82, 2.24) is 0 Å². The Balaban J connectivity index is 2.28. The Hall–Kier alpha value is -0.300. The molecule has 0 aromatic carbocycles. The van der Waals surface area contributed by atoms with Gasteiger partial charge in [-0.05, 0) is 82.0 Å². The summed E-state index contributed by atoms with van der Waals surface area (Å²) in [7, 11) is 0. The van der Waals surface area contributed by atoms with Crippen LogP contribution in [0.3, 0.4) is 0 Å². The monoisotopic (exact) mass is 291 g/mol. The van der Waals surface area contributed by atoms with Crippen LogP contribution in [0, 0.1) is 29.6 Å². The second-order valence-electron chi connectivity index (χ2n) is 8.94. The van der Waals surface area contributed by atoms with E-state index in [2.05, 4.69) is 41.5 Å². The molecular formula is C20H35O. The molecule has 0 aromatic rings. The predicted octanol–water partition coefficient (Wildman–Crippen LogP) is 5.54. The van der Waals surface area contributed by atoms with E-state index in [4.69, 9.17) is 0 Å². The molecule has 0 aliphatic heterocycles. The molecule has 0 saturated heterocycles. The van der Waals surface area contributed by atoms with Crippen molar-refractivity contribution in [1.29, 1.82) is 0 Å². The van der Waals surface area contributed by atoms with Gasteiger partial charge in [-0.1, -0.05) is 38.8 Å². The summed E-state index contributed by atoms with van der Waals surface area (Å²) in [5.41, 5.74) is 1.58. The minimum absolute atomic E-state index is 0.297. The first-order valence-corrected chi connectivity index (χ1v) is 8.81. The van der Waals surface area contributed by atoms with Gasteiger partial charge in [-0.3, -0.25) is 0 Å². The van der Waals surface area contributed by atoms with E-state index in [1.807, 2.05) is 6.08 Å². The van der Waals surface area contributed by atoms with Crippen LogP contribution in [0.5, 0.6) is 0 Å². The average Bonchev–Trinajstić information content (AvgIpc) is 2.35. The molecule has 0 bridgehead atoms. The summed E-state index contributed by atoms with van der Waals surface area (Å²) in [4.78, 5) is 0. The maximum Gasteiger partial charge on any atom is 0.0653 e. The lowest BCUT2D eigenvalue weighted by Crippen LogP contribution is -2.57. The minimum Gasteiger partial charge on any atom is -0.390 e. The van der Waals surface area contributed by atoms with Crippen LogP contribution >= 0.6 is 0 Å². The van der Waals surface area contributed by atoms with Crippen LogP contribution in [0.2, 0.25) is 0 Å². The summed E-state index contributed by atoms with van der Waals surface area (Å²) in [6.07, 6.45) is 10.3. The second-order valence-corrected chi connectivity index (χ2v) is 8.94. The SMILES string of the molecule is [CH2]C=C(C)CC[C@@H]1[C@@]2(C)CCCC(C)(C)[C@@H]2CC[C@@]1(C)O. The zero-order valence-corrected chi connectivity index (χ0v) is 14.8. The lowest BCUT2D eigenvalue weighted by Gasteiger charge is -2.61. The summed E-state index contributed by atoms with van der Waals surface area (Å²) in [5, 5.41) is 11.1. The maximum absolute atomic E-state index is 11.1. The van der Waals surface area contributed by atoms with Gasteiger partial charge in [0.05, 0.1) is 5.60 Å². The summed E-state index contributed by atoms with van der Waals surface area (Å²) >= 11 is 0. The number of hydrogen-bond donors (Lipinski definition) is 1. The van der Waals surface area contributed by atoms with Gasteiger partial charge in [0.15, 0.2) is 0 Å². The Morgan fingerprint density at radius 3 is 2.48 bits per heavy atom. The van der Waals surface area contributed by atoms with E-state index < -0.39 is 5.60 Å². The van der Waals surface area contributed by atoms with Crippen LogP contribution in [0.4, 0.5) is 0 Å². The second kappa shape index (κ2) is 5.72. The number of rotatable bonds is 3. The van der Waals surface area contributed by atoms with Crippen molar-refractivity contribution in [2.75, 3.05) is 0 Å². The summed E-state index contributed by atoms with van der Waals surface area (Å²) in [6, 6.07) is 0. The largest absolute Gasteiger partial charge is 0.390 e. The lowest BCUT2D eigenvalue weighted by atomic mass is 9.45. The van der Waals surface area contributed by atoms with E-state index in [0.29, 0.717) is 16.7 Å². The van der Waals surface area contributed by atoms with E-state index >= 15 is 0 Å². The number of allylic oxidation sites excluding steroid dienone is 2. The molecule has 0 aromatic heterocycles. The van der Waals surface area contributed by atoms with E-state index in [0.717, 1.165) is 25.2 Å². The molecule has 1 radical (unpaired) electrons. The first-order chi connectivity index (χ1) is 9.63. The van der Waals surface area contributed by atoms with E-state index in [9.17, 15) is 5.11 Å². The van der Waals surface area contributed by atoms with Gasteiger partial charge in [-0.25, -0.2) is 0 Å². The Kier molecular flexibility index (Phi) is 4.65. The van der Waals surface area contributed by atoms with Crippen molar-refractivity contribution in [3.8, 4) is 0 Å². The third-order valence-corrected chi connectivity index (χ3v) is 6.94. The molecule has 2 fully saturated rings. The molecule has 0 heterocycles. The maximum atomic E-state index is 11.1. The van der Waals surface area contributed by atoms with Crippen LogP contribution in [0.1, 0.15) is 79.6 Å². The van der Waals surface area contributed by atoms with Crippen LogP contribution in [0.15, 0.2) is 11.6 Å².